The molecule has 2 aromatic carbocycles. The van der Waals surface area contributed by atoms with Crippen molar-refractivity contribution in [2.24, 2.45) is 0 Å². The van der Waals surface area contributed by atoms with Gasteiger partial charge in [-0.2, -0.15) is 0 Å². The van der Waals surface area contributed by atoms with Gasteiger partial charge in [0.2, 0.25) is 0 Å². The van der Waals surface area contributed by atoms with Crippen molar-refractivity contribution in [2.75, 3.05) is 0 Å². The number of hydrogen-bond acceptors (Lipinski definition) is 4. The first-order chi connectivity index (χ1) is 11.7. The average molecular weight is 341 g/mol. The molecule has 132 valence electrons. The molecule has 25 heavy (non-hydrogen) atoms. The monoisotopic (exact) mass is 341 g/mol. The van der Waals surface area contributed by atoms with Gasteiger partial charge < -0.3 is 4.74 Å². The average Bonchev–Trinajstić information content (AvgIpc) is 2.58. The molecule has 2 rings (SSSR count). The van der Waals surface area contributed by atoms with Gasteiger partial charge in [-0.25, -0.2) is 0 Å². The van der Waals surface area contributed by atoms with Crippen molar-refractivity contribution in [3.63, 3.8) is 0 Å². The Morgan fingerprint density at radius 2 is 1.76 bits per heavy atom. The summed E-state index contributed by atoms with van der Waals surface area (Å²) in [5.74, 6) is 0.0324. The quantitative estimate of drug-likeness (QED) is 0.418. The Labute approximate surface area is 147 Å². The van der Waals surface area contributed by atoms with E-state index < -0.39 is 4.92 Å². The zero-order valence-electron chi connectivity index (χ0n) is 15.0. The van der Waals surface area contributed by atoms with Gasteiger partial charge in [0.05, 0.1) is 4.92 Å². The summed E-state index contributed by atoms with van der Waals surface area (Å²) in [6.07, 6.45) is 0.303. The molecule has 2 aromatic rings. The van der Waals surface area contributed by atoms with E-state index in [0.29, 0.717) is 12.0 Å². The number of nitrogens with zero attached hydrogens (tertiary/aromatic N) is 1. The zero-order valence-corrected chi connectivity index (χ0v) is 15.0. The van der Waals surface area contributed by atoms with E-state index in [-0.39, 0.29) is 29.2 Å². The number of benzene rings is 2. The molecule has 0 N–H and O–H groups in total. The fraction of sp³-hybridized carbons (Fsp3) is 0.350. The Bertz CT molecular complexity index is 773. The van der Waals surface area contributed by atoms with Gasteiger partial charge in [-0.15, -0.1) is 0 Å². The first-order valence-corrected chi connectivity index (χ1v) is 8.26. The van der Waals surface area contributed by atoms with E-state index in [0.717, 1.165) is 5.56 Å². The van der Waals surface area contributed by atoms with Crippen LogP contribution in [0.1, 0.15) is 55.6 Å². The standard InChI is InChI=1S/C20H23NO4/c1-5-18(22)15-8-11-19(17(12-15)21(23)24)25-13-14-6-9-16(10-7-14)20(2,3)4/h6-12H,5,13H2,1-4H3. The molecular formula is C20H23NO4. The van der Waals surface area contributed by atoms with Gasteiger partial charge in [0.1, 0.15) is 6.61 Å². The second-order valence-corrected chi connectivity index (χ2v) is 6.95. The number of carbonyl (C=O) groups is 1. The smallest absolute Gasteiger partial charge is 0.311 e. The van der Waals surface area contributed by atoms with Crippen LogP contribution in [0, 0.1) is 10.1 Å². The lowest BCUT2D eigenvalue weighted by molar-refractivity contribution is -0.386. The van der Waals surface area contributed by atoms with Gasteiger partial charge in [0, 0.05) is 18.1 Å². The molecule has 0 aliphatic rings. The summed E-state index contributed by atoms with van der Waals surface area (Å²) in [6, 6.07) is 12.3. The van der Waals surface area contributed by atoms with E-state index in [1.807, 2.05) is 24.3 Å². The first-order valence-electron chi connectivity index (χ1n) is 8.26. The van der Waals surface area contributed by atoms with Gasteiger partial charge in [0.25, 0.3) is 0 Å². The molecule has 0 atom stereocenters. The Hall–Kier alpha value is -2.69. The maximum atomic E-state index is 11.7. The van der Waals surface area contributed by atoms with Crippen molar-refractivity contribution in [1.29, 1.82) is 0 Å². The highest BCUT2D eigenvalue weighted by Gasteiger charge is 2.18. The molecule has 5 nitrogen and oxygen atoms in total. The molecule has 0 spiro atoms. The molecule has 0 aliphatic carbocycles. The predicted molar refractivity (Wildman–Crippen MR) is 97.2 cm³/mol. The topological polar surface area (TPSA) is 69.4 Å². The summed E-state index contributed by atoms with van der Waals surface area (Å²) < 4.78 is 5.63. The number of nitro benzene ring substituents is 1. The normalized spacial score (nSPS) is 11.2. The van der Waals surface area contributed by atoms with Crippen LogP contribution in [0.25, 0.3) is 0 Å². The van der Waals surface area contributed by atoms with Gasteiger partial charge in [-0.05, 0) is 28.7 Å². The molecule has 0 bridgehead atoms. The molecule has 0 saturated heterocycles. The lowest BCUT2D eigenvalue weighted by Crippen LogP contribution is -2.10. The van der Waals surface area contributed by atoms with Crippen LogP contribution >= 0.6 is 0 Å². The number of rotatable bonds is 6. The van der Waals surface area contributed by atoms with Gasteiger partial charge in [0.15, 0.2) is 11.5 Å². The minimum absolute atomic E-state index is 0.0693. The number of Topliss-reactive ketones (excluding diaryl/α,β-unsaturated/α-hetero) is 1. The van der Waals surface area contributed by atoms with Crippen molar-refractivity contribution in [2.45, 2.75) is 46.1 Å². The van der Waals surface area contributed by atoms with Crippen LogP contribution in [-0.4, -0.2) is 10.7 Å². The van der Waals surface area contributed by atoms with Crippen LogP contribution in [0.5, 0.6) is 5.75 Å². The van der Waals surface area contributed by atoms with Crippen molar-refractivity contribution in [3.8, 4) is 5.75 Å². The van der Waals surface area contributed by atoms with Crippen molar-refractivity contribution < 1.29 is 14.5 Å². The lowest BCUT2D eigenvalue weighted by Gasteiger charge is -2.19. The summed E-state index contributed by atoms with van der Waals surface area (Å²) in [5.41, 5.74) is 2.35. The highest BCUT2D eigenvalue weighted by molar-refractivity contribution is 5.96. The van der Waals surface area contributed by atoms with Crippen LogP contribution in [0.15, 0.2) is 42.5 Å². The molecule has 0 aromatic heterocycles. The molecule has 0 fully saturated rings. The molecule has 0 radical (unpaired) electrons. The van der Waals surface area contributed by atoms with E-state index in [9.17, 15) is 14.9 Å². The third-order valence-electron chi connectivity index (χ3n) is 4.01. The molecule has 0 amide bonds. The largest absolute Gasteiger partial charge is 0.482 e. The van der Waals surface area contributed by atoms with E-state index in [4.69, 9.17) is 4.74 Å². The lowest BCUT2D eigenvalue weighted by atomic mass is 9.87. The fourth-order valence-electron chi connectivity index (χ4n) is 2.42. The number of nitro groups is 1. The highest BCUT2D eigenvalue weighted by Crippen LogP contribution is 2.29. The van der Waals surface area contributed by atoms with Crippen molar-refractivity contribution in [3.05, 3.63) is 69.3 Å². The van der Waals surface area contributed by atoms with Crippen LogP contribution in [-0.2, 0) is 12.0 Å². The number of ether oxygens (including phenoxy) is 1. The third kappa shape index (κ3) is 4.66. The zero-order chi connectivity index (χ0) is 18.6. The molecule has 5 heteroatoms. The van der Waals surface area contributed by atoms with Crippen LogP contribution in [0.4, 0.5) is 5.69 Å². The van der Waals surface area contributed by atoms with Crippen LogP contribution in [0.3, 0.4) is 0 Å². The van der Waals surface area contributed by atoms with E-state index >= 15 is 0 Å². The van der Waals surface area contributed by atoms with Crippen LogP contribution in [0.2, 0.25) is 0 Å². The minimum Gasteiger partial charge on any atom is -0.482 e. The molecule has 0 saturated carbocycles. The summed E-state index contributed by atoms with van der Waals surface area (Å²) in [5, 5.41) is 11.3. The number of ketones is 1. The first kappa shape index (κ1) is 18.6. The fourth-order valence-corrected chi connectivity index (χ4v) is 2.42. The predicted octanol–water partition coefficient (Wildman–Crippen LogP) is 5.06. The molecule has 0 aliphatic heterocycles. The second-order valence-electron chi connectivity index (χ2n) is 6.95. The minimum atomic E-state index is -0.523. The summed E-state index contributed by atoms with van der Waals surface area (Å²) in [7, 11) is 0. The number of hydrogen-bond donors (Lipinski definition) is 0. The van der Waals surface area contributed by atoms with E-state index in [1.54, 1.807) is 13.0 Å². The van der Waals surface area contributed by atoms with Gasteiger partial charge >= 0.3 is 5.69 Å². The Balaban J connectivity index is 2.17. The summed E-state index contributed by atoms with van der Waals surface area (Å²) in [6.45, 7) is 8.37. The maximum absolute atomic E-state index is 11.7. The Kier molecular flexibility index (Phi) is 5.57. The molecule has 0 unspecified atom stereocenters. The number of carbonyl (C=O) groups excluding carboxylic acids is 1. The maximum Gasteiger partial charge on any atom is 0.311 e. The Morgan fingerprint density at radius 1 is 1.12 bits per heavy atom. The van der Waals surface area contributed by atoms with Crippen molar-refractivity contribution >= 4 is 11.5 Å². The van der Waals surface area contributed by atoms with Gasteiger partial charge in [-0.1, -0.05) is 52.0 Å². The molecular weight excluding hydrogens is 318 g/mol. The summed E-state index contributed by atoms with van der Waals surface area (Å²) >= 11 is 0. The van der Waals surface area contributed by atoms with Crippen molar-refractivity contribution in [1.82, 2.24) is 0 Å². The van der Waals surface area contributed by atoms with Gasteiger partial charge in [-0.3, -0.25) is 14.9 Å². The Morgan fingerprint density at radius 3 is 2.28 bits per heavy atom. The SMILES string of the molecule is CCC(=O)c1ccc(OCc2ccc(C(C)(C)C)cc2)c([N+](=O)[O-])c1. The third-order valence-corrected chi connectivity index (χ3v) is 4.01. The highest BCUT2D eigenvalue weighted by atomic mass is 16.6. The van der Waals surface area contributed by atoms with Crippen LogP contribution < -0.4 is 4.74 Å². The molecule has 0 heterocycles. The van der Waals surface area contributed by atoms with E-state index in [1.165, 1.54) is 17.7 Å². The second kappa shape index (κ2) is 7.47. The van der Waals surface area contributed by atoms with E-state index in [2.05, 4.69) is 20.8 Å². The summed E-state index contributed by atoms with van der Waals surface area (Å²) in [4.78, 5) is 22.5.